The minimum atomic E-state index is -0.146. The smallest absolute Gasteiger partial charge is 0.123 e. The van der Waals surface area contributed by atoms with Crippen molar-refractivity contribution in [3.63, 3.8) is 0 Å². The average molecular weight is 282 g/mol. The lowest BCUT2D eigenvalue weighted by molar-refractivity contribution is 0.219. The highest BCUT2D eigenvalue weighted by Crippen LogP contribution is 2.21. The summed E-state index contributed by atoms with van der Waals surface area (Å²) in [7, 11) is 4.23. The van der Waals surface area contributed by atoms with Crippen molar-refractivity contribution in [2.75, 3.05) is 32.1 Å². The first-order valence-electron chi connectivity index (χ1n) is 6.82. The second-order valence-corrected chi connectivity index (χ2v) is 6.44. The molecule has 1 saturated heterocycles. The molecule has 2 rings (SSSR count). The van der Waals surface area contributed by atoms with E-state index in [1.54, 1.807) is 12.1 Å². The molecule has 1 heterocycles. The Kier molecular flexibility index (Phi) is 5.25. The number of benzene rings is 1. The van der Waals surface area contributed by atoms with Gasteiger partial charge in [0, 0.05) is 30.1 Å². The molecule has 106 valence electrons. The van der Waals surface area contributed by atoms with Crippen LogP contribution in [0.1, 0.15) is 11.1 Å². The molecule has 1 aromatic rings. The second kappa shape index (κ2) is 6.73. The van der Waals surface area contributed by atoms with Crippen molar-refractivity contribution >= 4 is 11.8 Å². The van der Waals surface area contributed by atoms with Crippen LogP contribution in [0.3, 0.4) is 0 Å². The van der Waals surface area contributed by atoms with Gasteiger partial charge >= 0.3 is 0 Å². The molecule has 0 aliphatic carbocycles. The largest absolute Gasteiger partial charge is 0.315 e. The summed E-state index contributed by atoms with van der Waals surface area (Å²) in [6.07, 6.45) is 0.957. The van der Waals surface area contributed by atoms with Gasteiger partial charge in [0.15, 0.2) is 0 Å². The Morgan fingerprint density at radius 1 is 1.53 bits per heavy atom. The summed E-state index contributed by atoms with van der Waals surface area (Å²) in [6, 6.07) is 6.08. The van der Waals surface area contributed by atoms with Gasteiger partial charge in [-0.15, -0.1) is 0 Å². The Bertz CT molecular complexity index is 425. The maximum absolute atomic E-state index is 13.2. The molecule has 1 aliphatic heterocycles. The van der Waals surface area contributed by atoms with Gasteiger partial charge in [-0.25, -0.2) is 4.39 Å². The van der Waals surface area contributed by atoms with Crippen LogP contribution in [0.15, 0.2) is 18.2 Å². The molecule has 0 spiro atoms. The van der Waals surface area contributed by atoms with Crippen molar-refractivity contribution in [3.05, 3.63) is 35.1 Å². The van der Waals surface area contributed by atoms with E-state index in [1.165, 1.54) is 17.1 Å². The van der Waals surface area contributed by atoms with E-state index in [-0.39, 0.29) is 5.82 Å². The number of thioether (sulfide) groups is 1. The summed E-state index contributed by atoms with van der Waals surface area (Å²) in [5, 5.41) is 3.44. The molecule has 0 bridgehead atoms. The zero-order chi connectivity index (χ0) is 13.8. The standard InChI is InChI=1S/C15H23FN2S/c1-11-8-13(16)5-4-12(11)9-14(17-2)15-10-19-7-6-18(15)3/h4-5,8,14-15,17H,6-7,9-10H2,1-3H3. The lowest BCUT2D eigenvalue weighted by atomic mass is 9.96. The van der Waals surface area contributed by atoms with Gasteiger partial charge in [0.2, 0.25) is 0 Å². The third-order valence-electron chi connectivity index (χ3n) is 4.02. The quantitative estimate of drug-likeness (QED) is 0.912. The van der Waals surface area contributed by atoms with Crippen LogP contribution in [0.25, 0.3) is 0 Å². The van der Waals surface area contributed by atoms with E-state index < -0.39 is 0 Å². The van der Waals surface area contributed by atoms with Gasteiger partial charge in [-0.05, 0) is 50.7 Å². The molecule has 1 aliphatic rings. The van der Waals surface area contributed by atoms with Crippen LogP contribution in [0.5, 0.6) is 0 Å². The molecule has 1 N–H and O–H groups in total. The van der Waals surface area contributed by atoms with Crippen molar-refractivity contribution in [2.24, 2.45) is 0 Å². The topological polar surface area (TPSA) is 15.3 Å². The third kappa shape index (κ3) is 3.71. The Labute approximate surface area is 119 Å². The first-order chi connectivity index (χ1) is 9.11. The molecule has 0 radical (unpaired) electrons. The predicted octanol–water partition coefficient (Wildman–Crippen LogP) is 2.31. The number of likely N-dealkylation sites (N-methyl/N-ethyl adjacent to an activating group) is 2. The normalized spacial score (nSPS) is 22.4. The maximum Gasteiger partial charge on any atom is 0.123 e. The maximum atomic E-state index is 13.2. The second-order valence-electron chi connectivity index (χ2n) is 5.29. The van der Waals surface area contributed by atoms with Gasteiger partial charge in [-0.2, -0.15) is 11.8 Å². The number of rotatable bonds is 4. The van der Waals surface area contributed by atoms with E-state index in [2.05, 4.69) is 17.3 Å². The Balaban J connectivity index is 2.09. The Morgan fingerprint density at radius 3 is 2.95 bits per heavy atom. The minimum Gasteiger partial charge on any atom is -0.315 e. The first-order valence-corrected chi connectivity index (χ1v) is 7.97. The van der Waals surface area contributed by atoms with E-state index in [4.69, 9.17) is 0 Å². The van der Waals surface area contributed by atoms with Gasteiger partial charge in [-0.1, -0.05) is 6.07 Å². The molecule has 0 amide bonds. The van der Waals surface area contributed by atoms with E-state index in [1.807, 2.05) is 31.8 Å². The van der Waals surface area contributed by atoms with Crippen LogP contribution in [-0.4, -0.2) is 49.1 Å². The van der Waals surface area contributed by atoms with Crippen molar-refractivity contribution in [3.8, 4) is 0 Å². The summed E-state index contributed by atoms with van der Waals surface area (Å²) in [5.41, 5.74) is 2.29. The van der Waals surface area contributed by atoms with Gasteiger partial charge in [0.1, 0.15) is 5.82 Å². The molecule has 2 nitrogen and oxygen atoms in total. The molecular formula is C15H23FN2S. The molecule has 1 fully saturated rings. The number of hydrogen-bond acceptors (Lipinski definition) is 3. The number of hydrogen-bond donors (Lipinski definition) is 1. The summed E-state index contributed by atoms with van der Waals surface area (Å²) in [5.74, 6) is 2.24. The summed E-state index contributed by atoms with van der Waals surface area (Å²) < 4.78 is 13.2. The molecule has 1 aromatic carbocycles. The lowest BCUT2D eigenvalue weighted by Gasteiger charge is -2.38. The highest BCUT2D eigenvalue weighted by molar-refractivity contribution is 7.99. The van der Waals surface area contributed by atoms with E-state index in [0.717, 1.165) is 18.5 Å². The molecule has 2 unspecified atom stereocenters. The van der Waals surface area contributed by atoms with Crippen LogP contribution in [-0.2, 0) is 6.42 Å². The minimum absolute atomic E-state index is 0.146. The Hall–Kier alpha value is -0.580. The van der Waals surface area contributed by atoms with Crippen molar-refractivity contribution in [1.82, 2.24) is 10.2 Å². The molecule has 19 heavy (non-hydrogen) atoms. The Morgan fingerprint density at radius 2 is 2.32 bits per heavy atom. The summed E-state index contributed by atoms with van der Waals surface area (Å²) in [4.78, 5) is 2.44. The summed E-state index contributed by atoms with van der Waals surface area (Å²) in [6.45, 7) is 3.14. The molecule has 2 atom stereocenters. The fourth-order valence-electron chi connectivity index (χ4n) is 2.68. The molecule has 0 saturated carbocycles. The molecule has 0 aromatic heterocycles. The zero-order valence-electron chi connectivity index (χ0n) is 11.9. The van der Waals surface area contributed by atoms with Gasteiger partial charge in [0.25, 0.3) is 0 Å². The lowest BCUT2D eigenvalue weighted by Crippen LogP contribution is -2.52. The van der Waals surface area contributed by atoms with Crippen molar-refractivity contribution < 1.29 is 4.39 Å². The van der Waals surface area contributed by atoms with Crippen LogP contribution in [0.4, 0.5) is 4.39 Å². The van der Waals surface area contributed by atoms with E-state index >= 15 is 0 Å². The monoisotopic (exact) mass is 282 g/mol. The van der Waals surface area contributed by atoms with Crippen molar-refractivity contribution in [1.29, 1.82) is 0 Å². The fraction of sp³-hybridized carbons (Fsp3) is 0.600. The molecule has 4 heteroatoms. The van der Waals surface area contributed by atoms with E-state index in [0.29, 0.717) is 12.1 Å². The highest BCUT2D eigenvalue weighted by Gasteiger charge is 2.27. The van der Waals surface area contributed by atoms with Crippen LogP contribution < -0.4 is 5.32 Å². The van der Waals surface area contributed by atoms with Gasteiger partial charge < -0.3 is 10.2 Å². The van der Waals surface area contributed by atoms with Crippen LogP contribution in [0, 0.1) is 12.7 Å². The molecular weight excluding hydrogens is 259 g/mol. The fourth-order valence-corrected chi connectivity index (χ4v) is 4.00. The zero-order valence-corrected chi connectivity index (χ0v) is 12.8. The number of nitrogens with one attached hydrogen (secondary N) is 1. The summed E-state index contributed by atoms with van der Waals surface area (Å²) >= 11 is 2.03. The number of halogens is 1. The predicted molar refractivity (Wildman–Crippen MR) is 81.4 cm³/mol. The average Bonchev–Trinajstić information content (AvgIpc) is 2.39. The van der Waals surface area contributed by atoms with Gasteiger partial charge in [-0.3, -0.25) is 0 Å². The SMILES string of the molecule is CNC(Cc1ccc(F)cc1C)C1CSCCN1C. The number of nitrogens with zero attached hydrogens (tertiary/aromatic N) is 1. The highest BCUT2D eigenvalue weighted by atomic mass is 32.2. The number of aryl methyl sites for hydroxylation is 1. The van der Waals surface area contributed by atoms with Crippen molar-refractivity contribution in [2.45, 2.75) is 25.4 Å². The van der Waals surface area contributed by atoms with Crippen LogP contribution in [0.2, 0.25) is 0 Å². The van der Waals surface area contributed by atoms with Gasteiger partial charge in [0.05, 0.1) is 0 Å². The first kappa shape index (κ1) is 14.8. The third-order valence-corrected chi connectivity index (χ3v) is 5.07. The van der Waals surface area contributed by atoms with Crippen LogP contribution >= 0.6 is 11.8 Å². The van der Waals surface area contributed by atoms with E-state index in [9.17, 15) is 4.39 Å².